The van der Waals surface area contributed by atoms with E-state index in [1.165, 1.54) is 56.4 Å². The van der Waals surface area contributed by atoms with Crippen LogP contribution in [0.15, 0.2) is 109 Å². The summed E-state index contributed by atoms with van der Waals surface area (Å²) in [6.07, 6.45) is 9.02. The summed E-state index contributed by atoms with van der Waals surface area (Å²) < 4.78 is 17.9. The Hall–Kier alpha value is -4.54. The van der Waals surface area contributed by atoms with E-state index in [-0.39, 0.29) is 22.2 Å². The third-order valence-electron chi connectivity index (χ3n) is 11.9. The molecule has 1 aliphatic heterocycles. The van der Waals surface area contributed by atoms with E-state index >= 15 is 0 Å². The van der Waals surface area contributed by atoms with Crippen LogP contribution in [-0.4, -0.2) is 40.5 Å². The maximum Gasteiger partial charge on any atom is 0.130 e. The van der Waals surface area contributed by atoms with Gasteiger partial charge in [0.15, 0.2) is 0 Å². The van der Waals surface area contributed by atoms with E-state index in [0.717, 1.165) is 62.5 Å². The number of morpholine rings is 1. The van der Waals surface area contributed by atoms with Crippen molar-refractivity contribution in [2.24, 2.45) is 10.8 Å². The molecule has 1 unspecified atom stereocenters. The first-order valence-corrected chi connectivity index (χ1v) is 20.1. The molecule has 2 fully saturated rings. The monoisotopic (exact) mass is 721 g/mol. The van der Waals surface area contributed by atoms with Gasteiger partial charge < -0.3 is 19.1 Å². The molecule has 0 amide bonds. The van der Waals surface area contributed by atoms with Crippen LogP contribution in [-0.2, 0) is 16.6 Å². The summed E-state index contributed by atoms with van der Waals surface area (Å²) in [7, 11) is 3.60. The number of rotatable bonds is 8. The lowest BCUT2D eigenvalue weighted by Gasteiger charge is -2.52. The number of hydrogen-bond donors (Lipinski definition) is 0. The van der Waals surface area contributed by atoms with Gasteiger partial charge in [-0.1, -0.05) is 120 Å². The number of benzene rings is 5. The molecule has 5 aromatic rings. The SMILES string of the molecule is CC.COc1ccc2c3c(c(C/C=C\C(c4ccccc4)c4ccc(N5CCOCC5)cc4)c(OC)c2c1)C1(CC(C)(C)CC(C)(C)C1)c1ccccc1-3. The van der Waals surface area contributed by atoms with Gasteiger partial charge in [-0.15, -0.1) is 0 Å². The van der Waals surface area contributed by atoms with Crippen molar-refractivity contribution in [3.63, 3.8) is 0 Å². The summed E-state index contributed by atoms with van der Waals surface area (Å²) in [6, 6.07) is 35.9. The van der Waals surface area contributed by atoms with Crippen molar-refractivity contribution in [1.82, 2.24) is 0 Å². The van der Waals surface area contributed by atoms with Crippen LogP contribution in [0.2, 0.25) is 0 Å². The highest BCUT2D eigenvalue weighted by Crippen LogP contribution is 2.66. The largest absolute Gasteiger partial charge is 0.497 e. The molecule has 0 bridgehead atoms. The first-order valence-electron chi connectivity index (χ1n) is 20.1. The first kappa shape index (κ1) is 37.8. The molecule has 1 atom stereocenters. The van der Waals surface area contributed by atoms with Crippen LogP contribution in [0, 0.1) is 10.8 Å². The molecule has 0 N–H and O–H groups in total. The van der Waals surface area contributed by atoms with Gasteiger partial charge in [-0.3, -0.25) is 0 Å². The Morgan fingerprint density at radius 3 is 2.04 bits per heavy atom. The van der Waals surface area contributed by atoms with Gasteiger partial charge in [0.1, 0.15) is 11.5 Å². The topological polar surface area (TPSA) is 30.9 Å². The molecule has 4 nitrogen and oxygen atoms in total. The molecule has 1 spiro atoms. The fourth-order valence-electron chi connectivity index (χ4n) is 10.7. The average Bonchev–Trinajstić information content (AvgIpc) is 3.44. The molecule has 54 heavy (non-hydrogen) atoms. The molecule has 0 aromatic heterocycles. The lowest BCUT2D eigenvalue weighted by Crippen LogP contribution is -2.44. The zero-order valence-electron chi connectivity index (χ0n) is 33.8. The fraction of sp³-hybridized carbons (Fsp3) is 0.400. The number of allylic oxidation sites excluding steroid dienone is 2. The van der Waals surface area contributed by atoms with E-state index < -0.39 is 0 Å². The van der Waals surface area contributed by atoms with Crippen molar-refractivity contribution in [3.05, 3.63) is 137 Å². The molecule has 1 saturated carbocycles. The van der Waals surface area contributed by atoms with Crippen molar-refractivity contribution in [3.8, 4) is 22.6 Å². The maximum atomic E-state index is 6.51. The minimum absolute atomic E-state index is 0.115. The Morgan fingerprint density at radius 1 is 0.722 bits per heavy atom. The number of anilines is 1. The number of ether oxygens (including phenoxy) is 3. The van der Waals surface area contributed by atoms with E-state index in [2.05, 4.69) is 142 Å². The Bertz CT molecular complexity index is 2090. The lowest BCUT2D eigenvalue weighted by molar-refractivity contribution is 0.0642. The van der Waals surface area contributed by atoms with Gasteiger partial charge >= 0.3 is 0 Å². The second-order valence-electron chi connectivity index (χ2n) is 16.9. The van der Waals surface area contributed by atoms with Crippen LogP contribution in [0.4, 0.5) is 5.69 Å². The van der Waals surface area contributed by atoms with Crippen molar-refractivity contribution in [2.75, 3.05) is 45.4 Å². The van der Waals surface area contributed by atoms with Crippen LogP contribution >= 0.6 is 0 Å². The van der Waals surface area contributed by atoms with Gasteiger partial charge in [0, 0.05) is 41.1 Å². The highest BCUT2D eigenvalue weighted by molar-refractivity contribution is 6.07. The van der Waals surface area contributed by atoms with E-state index in [1.807, 2.05) is 21.0 Å². The number of methoxy groups -OCH3 is 2. The third-order valence-corrected chi connectivity index (χ3v) is 11.9. The molecular weight excluding hydrogens is 663 g/mol. The summed E-state index contributed by atoms with van der Waals surface area (Å²) in [5.74, 6) is 1.94. The zero-order chi connectivity index (χ0) is 38.1. The minimum Gasteiger partial charge on any atom is -0.497 e. The van der Waals surface area contributed by atoms with E-state index in [4.69, 9.17) is 14.2 Å². The van der Waals surface area contributed by atoms with Crippen molar-refractivity contribution in [2.45, 2.75) is 78.6 Å². The highest BCUT2D eigenvalue weighted by Gasteiger charge is 2.54. The van der Waals surface area contributed by atoms with E-state index in [1.54, 1.807) is 7.11 Å². The first-order chi connectivity index (χ1) is 26.1. The molecule has 4 heteroatoms. The Balaban J connectivity index is 0.00000221. The highest BCUT2D eigenvalue weighted by atomic mass is 16.5. The van der Waals surface area contributed by atoms with Crippen molar-refractivity contribution >= 4 is 16.5 Å². The zero-order valence-corrected chi connectivity index (χ0v) is 33.8. The number of hydrogen-bond acceptors (Lipinski definition) is 4. The quantitative estimate of drug-likeness (QED) is 0.149. The van der Waals surface area contributed by atoms with Gasteiger partial charge in [-0.25, -0.2) is 0 Å². The van der Waals surface area contributed by atoms with Crippen LogP contribution in [0.3, 0.4) is 0 Å². The molecular formula is C50H59NO3. The Labute approximate surface area is 324 Å². The van der Waals surface area contributed by atoms with Crippen LogP contribution in [0.5, 0.6) is 11.5 Å². The molecule has 8 rings (SSSR count). The molecule has 2 aliphatic carbocycles. The molecule has 1 saturated heterocycles. The molecule has 3 aliphatic rings. The van der Waals surface area contributed by atoms with Gasteiger partial charge in [0.25, 0.3) is 0 Å². The summed E-state index contributed by atoms with van der Waals surface area (Å²) in [5, 5.41) is 2.36. The van der Waals surface area contributed by atoms with E-state index in [9.17, 15) is 0 Å². The van der Waals surface area contributed by atoms with Gasteiger partial charge in [0.05, 0.1) is 27.4 Å². The summed E-state index contributed by atoms with van der Waals surface area (Å²) >= 11 is 0. The second kappa shape index (κ2) is 15.3. The second-order valence-corrected chi connectivity index (χ2v) is 16.9. The van der Waals surface area contributed by atoms with Crippen LogP contribution < -0.4 is 14.4 Å². The summed E-state index contributed by atoms with van der Waals surface area (Å²) in [4.78, 5) is 2.42. The summed E-state index contributed by atoms with van der Waals surface area (Å²) in [5.41, 5.74) is 11.1. The summed E-state index contributed by atoms with van der Waals surface area (Å²) in [6.45, 7) is 17.4. The average molecular weight is 722 g/mol. The number of fused-ring (bicyclic) bond motifs is 7. The number of nitrogens with zero attached hydrogens (tertiary/aromatic N) is 1. The van der Waals surface area contributed by atoms with Crippen molar-refractivity contribution in [1.29, 1.82) is 0 Å². The maximum absolute atomic E-state index is 6.51. The van der Waals surface area contributed by atoms with Crippen LogP contribution in [0.25, 0.3) is 21.9 Å². The molecule has 282 valence electrons. The van der Waals surface area contributed by atoms with Gasteiger partial charge in [-0.2, -0.15) is 0 Å². The van der Waals surface area contributed by atoms with Gasteiger partial charge in [0.2, 0.25) is 0 Å². The third kappa shape index (κ3) is 6.94. The normalized spacial score (nSPS) is 18.5. The van der Waals surface area contributed by atoms with E-state index in [0.29, 0.717) is 0 Å². The van der Waals surface area contributed by atoms with Gasteiger partial charge in [-0.05, 0) is 106 Å². The van der Waals surface area contributed by atoms with Crippen LogP contribution in [0.1, 0.15) is 94.5 Å². The molecule has 1 heterocycles. The molecule has 5 aromatic carbocycles. The molecule has 0 radical (unpaired) electrons. The minimum atomic E-state index is -0.115. The predicted molar refractivity (Wildman–Crippen MR) is 227 cm³/mol. The smallest absolute Gasteiger partial charge is 0.130 e. The Morgan fingerprint density at radius 2 is 1.37 bits per heavy atom. The Kier molecular flexibility index (Phi) is 10.7. The standard InChI is InChI=1S/C48H53NO3.C2H6/c1-46(2)30-47(3,4)32-48(31-46)42-18-11-10-15-39(42)43-38-24-23-36(50-5)29-41(38)45(51-6)40(44(43)48)17-12-16-37(33-13-8-7-9-14-33)34-19-21-35(22-20-34)49-25-27-52-28-26-49;1-2/h7-16,18-24,29,37H,17,25-28,30-32H2,1-6H3;1-2H3/b16-12-;. The lowest BCUT2D eigenvalue weighted by atomic mass is 9.52. The fourth-order valence-corrected chi connectivity index (χ4v) is 10.7. The van der Waals surface area contributed by atoms with Crippen molar-refractivity contribution < 1.29 is 14.2 Å². The predicted octanol–water partition coefficient (Wildman–Crippen LogP) is 12.2.